The van der Waals surface area contributed by atoms with Crippen LogP contribution in [0.2, 0.25) is 0 Å². The Labute approximate surface area is 93.3 Å². The molecule has 1 heterocycles. The van der Waals surface area contributed by atoms with E-state index < -0.39 is 10.0 Å². The van der Waals surface area contributed by atoms with E-state index in [1.54, 1.807) is 24.3 Å². The summed E-state index contributed by atoms with van der Waals surface area (Å²) in [5, 5.41) is 0. The van der Waals surface area contributed by atoms with Crippen molar-refractivity contribution in [3.8, 4) is 5.75 Å². The summed E-state index contributed by atoms with van der Waals surface area (Å²) in [6, 6.07) is 8.94. The lowest BCUT2D eigenvalue weighted by molar-refractivity contribution is 0.358. The second-order valence-electron chi connectivity index (χ2n) is 3.20. The number of rotatable bonds is 3. The van der Waals surface area contributed by atoms with Crippen molar-refractivity contribution in [2.75, 3.05) is 6.61 Å². The summed E-state index contributed by atoms with van der Waals surface area (Å²) in [7, 11) is -3.61. The number of sulfonamides is 1. The minimum absolute atomic E-state index is 0.00772. The van der Waals surface area contributed by atoms with Crippen molar-refractivity contribution in [1.82, 2.24) is 0 Å². The molecule has 0 spiro atoms. The maximum absolute atomic E-state index is 11.4. The summed E-state index contributed by atoms with van der Waals surface area (Å²) < 4.78 is 31.4. The fourth-order valence-electron chi connectivity index (χ4n) is 1.25. The Morgan fingerprint density at radius 1 is 1.25 bits per heavy atom. The molecule has 0 fully saturated rings. The topological polar surface area (TPSA) is 81.8 Å². The number of nitrogens with two attached hydrogens (primary N) is 1. The van der Waals surface area contributed by atoms with Gasteiger partial charge in [0.1, 0.15) is 23.1 Å². The van der Waals surface area contributed by atoms with Crippen LogP contribution in [0.5, 0.6) is 5.75 Å². The molecule has 0 atom stereocenters. The molecule has 2 N–H and O–H groups in total. The second kappa shape index (κ2) is 3.97. The van der Waals surface area contributed by atoms with Crippen molar-refractivity contribution in [3.05, 3.63) is 41.3 Å². The molecule has 16 heavy (non-hydrogen) atoms. The molecule has 0 amide bonds. The molecule has 0 aliphatic carbocycles. The third-order valence-corrected chi connectivity index (χ3v) is 3.34. The highest BCUT2D eigenvalue weighted by Gasteiger charge is 2.23. The van der Waals surface area contributed by atoms with Gasteiger partial charge in [0.15, 0.2) is 0 Å². The van der Waals surface area contributed by atoms with Gasteiger partial charge in [-0.25, -0.2) is 0 Å². The molecule has 1 aliphatic heterocycles. The smallest absolute Gasteiger partial charge is 0.283 e. The molecular weight excluding hydrogens is 228 g/mol. The van der Waals surface area contributed by atoms with Crippen LogP contribution in [-0.4, -0.2) is 20.9 Å². The predicted octanol–water partition coefficient (Wildman–Crippen LogP) is 0.650. The highest BCUT2D eigenvalue weighted by atomic mass is 32.2. The van der Waals surface area contributed by atoms with Crippen LogP contribution < -0.4 is 10.5 Å². The fraction of sp³-hybridized carbons (Fsp3) is 0.100. The predicted molar refractivity (Wildman–Crippen MR) is 60.6 cm³/mol. The lowest BCUT2D eigenvalue weighted by Crippen LogP contribution is -2.07. The molecule has 0 unspecified atom stereocenters. The highest BCUT2D eigenvalue weighted by molar-refractivity contribution is 7.94. The number of ether oxygens (including phenoxy) is 1. The van der Waals surface area contributed by atoms with Gasteiger partial charge in [0.2, 0.25) is 0 Å². The highest BCUT2D eigenvalue weighted by Crippen LogP contribution is 2.17. The van der Waals surface area contributed by atoms with Crippen LogP contribution in [0.1, 0.15) is 0 Å². The summed E-state index contributed by atoms with van der Waals surface area (Å²) >= 11 is 0. The van der Waals surface area contributed by atoms with Crippen LogP contribution in [0.25, 0.3) is 0 Å². The van der Waals surface area contributed by atoms with E-state index >= 15 is 0 Å². The minimum Gasteiger partial charge on any atom is -0.488 e. The number of benzene rings is 1. The van der Waals surface area contributed by atoms with E-state index in [4.69, 9.17) is 10.5 Å². The zero-order valence-corrected chi connectivity index (χ0v) is 9.15. The Hall–Kier alpha value is -1.82. The first-order valence-corrected chi connectivity index (χ1v) is 6.01. The monoisotopic (exact) mass is 238 g/mol. The van der Waals surface area contributed by atoms with Crippen molar-refractivity contribution in [1.29, 1.82) is 0 Å². The van der Waals surface area contributed by atoms with Crippen LogP contribution in [0.4, 0.5) is 0 Å². The Balaban J connectivity index is 2.06. The van der Waals surface area contributed by atoms with Gasteiger partial charge in [0, 0.05) is 6.08 Å². The normalized spacial score (nSPS) is 17.8. The first-order chi connectivity index (χ1) is 7.58. The summed E-state index contributed by atoms with van der Waals surface area (Å²) in [4.78, 5) is 0.0776. The summed E-state index contributed by atoms with van der Waals surface area (Å²) in [5.41, 5.74) is 5.31. The zero-order valence-electron chi connectivity index (χ0n) is 8.33. The van der Waals surface area contributed by atoms with Gasteiger partial charge in [-0.1, -0.05) is 18.2 Å². The molecule has 6 heteroatoms. The lowest BCUT2D eigenvalue weighted by atomic mass is 10.3. The van der Waals surface area contributed by atoms with Crippen LogP contribution >= 0.6 is 0 Å². The van der Waals surface area contributed by atoms with E-state index in [9.17, 15) is 8.42 Å². The molecule has 0 radical (unpaired) electrons. The minimum atomic E-state index is -3.61. The molecule has 1 aliphatic rings. The third kappa shape index (κ3) is 2.22. The summed E-state index contributed by atoms with van der Waals surface area (Å²) in [6.45, 7) is -0.0590. The molecule has 1 aromatic rings. The molecule has 0 aromatic heterocycles. The Bertz CT molecular complexity index is 547. The van der Waals surface area contributed by atoms with E-state index in [0.29, 0.717) is 5.75 Å². The number of amidine groups is 1. The van der Waals surface area contributed by atoms with Gasteiger partial charge < -0.3 is 10.5 Å². The third-order valence-electron chi connectivity index (χ3n) is 1.99. The van der Waals surface area contributed by atoms with Crippen molar-refractivity contribution in [2.24, 2.45) is 10.1 Å². The average molecular weight is 238 g/mol. The Morgan fingerprint density at radius 2 is 1.94 bits per heavy atom. The summed E-state index contributed by atoms with van der Waals surface area (Å²) in [6.07, 6.45) is 1.30. The van der Waals surface area contributed by atoms with E-state index in [1.165, 1.54) is 6.08 Å². The van der Waals surface area contributed by atoms with Crippen LogP contribution in [0.15, 0.2) is 45.7 Å². The van der Waals surface area contributed by atoms with Crippen LogP contribution in [-0.2, 0) is 10.0 Å². The first kappa shape index (κ1) is 10.7. The van der Waals surface area contributed by atoms with E-state index in [1.807, 2.05) is 6.07 Å². The average Bonchev–Trinajstić information content (AvgIpc) is 2.50. The molecule has 84 valence electrons. The van der Waals surface area contributed by atoms with Gasteiger partial charge in [-0.2, -0.15) is 8.42 Å². The maximum Gasteiger partial charge on any atom is 0.283 e. The van der Waals surface area contributed by atoms with Gasteiger partial charge in [-0.3, -0.25) is 0 Å². The summed E-state index contributed by atoms with van der Waals surface area (Å²) in [5.74, 6) is 0.593. The Kier molecular flexibility index (Phi) is 2.66. The number of hydrogen-bond donors (Lipinski definition) is 1. The van der Waals surface area contributed by atoms with E-state index in [-0.39, 0.29) is 17.3 Å². The van der Waals surface area contributed by atoms with Gasteiger partial charge in [0.05, 0.1) is 0 Å². The Morgan fingerprint density at radius 3 is 2.50 bits per heavy atom. The zero-order chi connectivity index (χ0) is 11.6. The number of hydrogen-bond acceptors (Lipinski definition) is 4. The molecule has 2 rings (SSSR count). The van der Waals surface area contributed by atoms with E-state index in [2.05, 4.69) is 4.40 Å². The largest absolute Gasteiger partial charge is 0.488 e. The molecule has 5 nitrogen and oxygen atoms in total. The lowest BCUT2D eigenvalue weighted by Gasteiger charge is -2.05. The fourth-order valence-corrected chi connectivity index (χ4v) is 2.18. The SMILES string of the molecule is NC1=NS(=O)(=O)C(COc2ccccc2)=C1. The standard InChI is InChI=1S/C10H10N2O3S/c11-10-6-9(16(13,14)12-10)7-15-8-4-2-1-3-5-8/h1-6H,7H2,(H2,11,12). The molecule has 1 aromatic carbocycles. The van der Waals surface area contributed by atoms with E-state index in [0.717, 1.165) is 0 Å². The quantitative estimate of drug-likeness (QED) is 0.838. The second-order valence-corrected chi connectivity index (χ2v) is 4.86. The van der Waals surface area contributed by atoms with Crippen molar-refractivity contribution in [2.45, 2.75) is 0 Å². The van der Waals surface area contributed by atoms with Crippen molar-refractivity contribution >= 4 is 15.9 Å². The van der Waals surface area contributed by atoms with Crippen molar-refractivity contribution < 1.29 is 13.2 Å². The molecule has 0 saturated carbocycles. The van der Waals surface area contributed by atoms with Gasteiger partial charge in [-0.15, -0.1) is 4.40 Å². The van der Waals surface area contributed by atoms with Crippen LogP contribution in [0.3, 0.4) is 0 Å². The first-order valence-electron chi connectivity index (χ1n) is 4.57. The molecule has 0 bridgehead atoms. The van der Waals surface area contributed by atoms with Crippen molar-refractivity contribution in [3.63, 3.8) is 0 Å². The molecule has 0 saturated heterocycles. The maximum atomic E-state index is 11.4. The van der Waals surface area contributed by atoms with Crippen LogP contribution in [0, 0.1) is 0 Å². The van der Waals surface area contributed by atoms with Gasteiger partial charge in [-0.05, 0) is 12.1 Å². The van der Waals surface area contributed by atoms with Gasteiger partial charge >= 0.3 is 0 Å². The molecular formula is C10H10N2O3S. The van der Waals surface area contributed by atoms with Gasteiger partial charge in [0.25, 0.3) is 10.0 Å². The number of nitrogens with zero attached hydrogens (tertiary/aromatic N) is 1. The number of para-hydroxylation sites is 1.